The number of furan rings is 1. The molecule has 266 valence electrons. The zero-order valence-electron chi connectivity index (χ0n) is 30.7. The number of hydrogen-bond acceptors (Lipinski definition) is 3. The van der Waals surface area contributed by atoms with E-state index in [0.29, 0.717) is 5.82 Å². The van der Waals surface area contributed by atoms with Gasteiger partial charge >= 0.3 is 0 Å². The Morgan fingerprint density at radius 2 is 0.772 bits per heavy atom. The predicted molar refractivity (Wildman–Crippen MR) is 234 cm³/mol. The first-order chi connectivity index (χ1) is 28.2. The molecule has 4 aromatic heterocycles. The van der Waals surface area contributed by atoms with E-state index in [0.717, 1.165) is 83.5 Å². The SMILES string of the molecule is c1ccc(-c2cc(-c3cc(-n4c5ccccc5c5ccccc54)cc(-n4c5ccccc5c5ccccc54)c3)nc(-c3ccc4oc5ccccc5c4c3)n2)cc1. The van der Waals surface area contributed by atoms with Crippen LogP contribution in [-0.2, 0) is 0 Å². The third-order valence-corrected chi connectivity index (χ3v) is 11.3. The first-order valence-electron chi connectivity index (χ1n) is 19.2. The molecule has 0 saturated carbocycles. The Morgan fingerprint density at radius 1 is 0.316 bits per heavy atom. The number of rotatable bonds is 5. The quantitative estimate of drug-likeness (QED) is 0.177. The van der Waals surface area contributed by atoms with Gasteiger partial charge in [0.05, 0.1) is 33.5 Å². The minimum atomic E-state index is 0.652. The van der Waals surface area contributed by atoms with Gasteiger partial charge in [-0.1, -0.05) is 121 Å². The summed E-state index contributed by atoms with van der Waals surface area (Å²) in [7, 11) is 0. The fourth-order valence-corrected chi connectivity index (χ4v) is 8.75. The molecule has 0 aliphatic carbocycles. The van der Waals surface area contributed by atoms with E-state index in [1.54, 1.807) is 0 Å². The second-order valence-electron chi connectivity index (χ2n) is 14.6. The maximum atomic E-state index is 6.20. The molecule has 0 amide bonds. The molecule has 4 heterocycles. The van der Waals surface area contributed by atoms with Gasteiger partial charge in [-0.15, -0.1) is 0 Å². The number of hydrogen-bond donors (Lipinski definition) is 0. The molecule has 5 nitrogen and oxygen atoms in total. The van der Waals surface area contributed by atoms with E-state index < -0.39 is 0 Å². The molecule has 0 fully saturated rings. The van der Waals surface area contributed by atoms with Crippen molar-refractivity contribution < 1.29 is 4.42 Å². The van der Waals surface area contributed by atoms with Gasteiger partial charge in [0.1, 0.15) is 11.2 Å². The van der Waals surface area contributed by atoms with Crippen LogP contribution in [0.3, 0.4) is 0 Å². The number of benzene rings is 8. The molecule has 8 aromatic carbocycles. The second-order valence-corrected chi connectivity index (χ2v) is 14.6. The maximum Gasteiger partial charge on any atom is 0.160 e. The Hall–Kier alpha value is -7.76. The van der Waals surface area contributed by atoms with Crippen molar-refractivity contribution in [1.82, 2.24) is 19.1 Å². The van der Waals surface area contributed by atoms with Crippen molar-refractivity contribution in [2.75, 3.05) is 0 Å². The minimum absolute atomic E-state index is 0.652. The average Bonchev–Trinajstić information content (AvgIpc) is 3.94. The van der Waals surface area contributed by atoms with Crippen LogP contribution in [0.2, 0.25) is 0 Å². The molecule has 0 aliphatic rings. The minimum Gasteiger partial charge on any atom is -0.456 e. The van der Waals surface area contributed by atoms with E-state index in [1.807, 2.05) is 30.3 Å². The van der Waals surface area contributed by atoms with Crippen LogP contribution in [0, 0.1) is 0 Å². The van der Waals surface area contributed by atoms with Crippen LogP contribution in [0.5, 0.6) is 0 Å². The fourth-order valence-electron chi connectivity index (χ4n) is 8.75. The van der Waals surface area contributed by atoms with Gasteiger partial charge in [0.25, 0.3) is 0 Å². The largest absolute Gasteiger partial charge is 0.456 e. The van der Waals surface area contributed by atoms with Crippen LogP contribution in [0.25, 0.3) is 111 Å². The highest BCUT2D eigenvalue weighted by Gasteiger charge is 2.19. The van der Waals surface area contributed by atoms with E-state index in [4.69, 9.17) is 14.4 Å². The van der Waals surface area contributed by atoms with Crippen LogP contribution in [-0.4, -0.2) is 19.1 Å². The molecule has 0 atom stereocenters. The van der Waals surface area contributed by atoms with Gasteiger partial charge in [-0.25, -0.2) is 9.97 Å². The lowest BCUT2D eigenvalue weighted by Gasteiger charge is -2.16. The summed E-state index contributed by atoms with van der Waals surface area (Å²) in [6.45, 7) is 0. The lowest BCUT2D eigenvalue weighted by atomic mass is 10.0. The van der Waals surface area contributed by atoms with E-state index in [1.165, 1.54) is 21.5 Å². The topological polar surface area (TPSA) is 48.8 Å². The Bertz CT molecular complexity index is 3300. The molecule has 0 saturated heterocycles. The Balaban J connectivity index is 1.16. The van der Waals surface area contributed by atoms with Crippen LogP contribution < -0.4 is 0 Å². The van der Waals surface area contributed by atoms with Crippen LogP contribution in [0.1, 0.15) is 0 Å². The van der Waals surface area contributed by atoms with Gasteiger partial charge in [-0.3, -0.25) is 0 Å². The Morgan fingerprint density at radius 3 is 1.33 bits per heavy atom. The lowest BCUT2D eigenvalue weighted by Crippen LogP contribution is -2.01. The standard InChI is InChI=1S/C52H32N4O/c1-2-14-33(15-3-1)44-32-45(54-52(53-44)34-26-27-51-43(30-34)42-20-8-13-25-50(42)57-51)35-28-36(55-46-21-9-4-16-38(46)39-17-5-10-22-47(39)55)31-37(29-35)56-48-23-11-6-18-40(48)41-19-7-12-24-49(41)56/h1-32H. The monoisotopic (exact) mass is 728 g/mol. The zero-order chi connectivity index (χ0) is 37.5. The molecular weight excluding hydrogens is 697 g/mol. The summed E-state index contributed by atoms with van der Waals surface area (Å²) in [5.74, 6) is 0.652. The normalized spacial score (nSPS) is 11.9. The van der Waals surface area contributed by atoms with Crippen molar-refractivity contribution in [3.63, 3.8) is 0 Å². The molecule has 12 aromatic rings. The molecule has 0 radical (unpaired) electrons. The summed E-state index contributed by atoms with van der Waals surface area (Å²) >= 11 is 0. The van der Waals surface area contributed by atoms with E-state index in [9.17, 15) is 0 Å². The highest BCUT2D eigenvalue weighted by molar-refractivity contribution is 6.11. The molecular formula is C52H32N4O. The van der Waals surface area contributed by atoms with Crippen molar-refractivity contribution in [1.29, 1.82) is 0 Å². The highest BCUT2D eigenvalue weighted by Crippen LogP contribution is 2.39. The number of fused-ring (bicyclic) bond motifs is 9. The summed E-state index contributed by atoms with van der Waals surface area (Å²) in [5, 5.41) is 6.98. The molecule has 0 spiro atoms. The zero-order valence-corrected chi connectivity index (χ0v) is 30.7. The summed E-state index contributed by atoms with van der Waals surface area (Å²) in [5.41, 5.74) is 13.0. The molecule has 0 bridgehead atoms. The predicted octanol–water partition coefficient (Wildman–Crippen LogP) is 13.6. The molecule has 0 N–H and O–H groups in total. The Labute approximate surface area is 327 Å². The van der Waals surface area contributed by atoms with Gasteiger partial charge in [-0.2, -0.15) is 0 Å². The van der Waals surface area contributed by atoms with Gasteiger partial charge in [0.2, 0.25) is 0 Å². The first-order valence-corrected chi connectivity index (χ1v) is 19.2. The summed E-state index contributed by atoms with van der Waals surface area (Å²) in [6.07, 6.45) is 0. The fraction of sp³-hybridized carbons (Fsp3) is 0. The van der Waals surface area contributed by atoms with Crippen molar-refractivity contribution in [2.24, 2.45) is 0 Å². The van der Waals surface area contributed by atoms with E-state index in [2.05, 4.69) is 173 Å². The van der Waals surface area contributed by atoms with Gasteiger partial charge in [0.15, 0.2) is 5.82 Å². The van der Waals surface area contributed by atoms with Crippen molar-refractivity contribution >= 4 is 65.6 Å². The smallest absolute Gasteiger partial charge is 0.160 e. The number of aromatic nitrogens is 4. The van der Waals surface area contributed by atoms with Crippen molar-refractivity contribution in [2.45, 2.75) is 0 Å². The first kappa shape index (κ1) is 31.6. The molecule has 12 rings (SSSR count). The average molecular weight is 729 g/mol. The van der Waals surface area contributed by atoms with E-state index in [-0.39, 0.29) is 0 Å². The third-order valence-electron chi connectivity index (χ3n) is 11.3. The lowest BCUT2D eigenvalue weighted by molar-refractivity contribution is 0.669. The molecule has 5 heteroatoms. The molecule has 57 heavy (non-hydrogen) atoms. The summed E-state index contributed by atoms with van der Waals surface area (Å²) in [6, 6.07) is 68.5. The van der Waals surface area contributed by atoms with Crippen LogP contribution >= 0.6 is 0 Å². The van der Waals surface area contributed by atoms with Crippen molar-refractivity contribution in [3.8, 4) is 45.3 Å². The summed E-state index contributed by atoms with van der Waals surface area (Å²) < 4.78 is 11.0. The number of para-hydroxylation sites is 5. The molecule has 0 unspecified atom stereocenters. The van der Waals surface area contributed by atoms with Crippen LogP contribution in [0.4, 0.5) is 0 Å². The maximum absolute atomic E-state index is 6.20. The molecule has 0 aliphatic heterocycles. The van der Waals surface area contributed by atoms with Gasteiger partial charge < -0.3 is 13.6 Å². The van der Waals surface area contributed by atoms with Crippen molar-refractivity contribution in [3.05, 3.63) is 194 Å². The van der Waals surface area contributed by atoms with Gasteiger partial charge in [0, 0.05) is 60.4 Å². The van der Waals surface area contributed by atoms with E-state index >= 15 is 0 Å². The summed E-state index contributed by atoms with van der Waals surface area (Å²) in [4.78, 5) is 10.6. The van der Waals surface area contributed by atoms with Crippen LogP contribution in [0.15, 0.2) is 199 Å². The van der Waals surface area contributed by atoms with Gasteiger partial charge in [-0.05, 0) is 72.8 Å². The second kappa shape index (κ2) is 12.4. The number of nitrogens with zero attached hydrogens (tertiary/aromatic N) is 4. The third kappa shape index (κ3) is 4.96. The highest BCUT2D eigenvalue weighted by atomic mass is 16.3. The Kier molecular flexibility index (Phi) is 6.86.